The fourth-order valence-corrected chi connectivity index (χ4v) is 4.56. The van der Waals surface area contributed by atoms with Crippen molar-refractivity contribution in [1.29, 1.82) is 0 Å². The molecule has 0 saturated carbocycles. The molecule has 2 rings (SSSR count). The van der Waals surface area contributed by atoms with Gasteiger partial charge in [-0.1, -0.05) is 19.1 Å². The maximum Gasteiger partial charge on any atom is 0.243 e. The van der Waals surface area contributed by atoms with Crippen LogP contribution in [0.5, 0.6) is 0 Å². The van der Waals surface area contributed by atoms with E-state index in [2.05, 4.69) is 0 Å². The van der Waals surface area contributed by atoms with Crippen LogP contribution < -0.4 is 0 Å². The zero-order valence-corrected chi connectivity index (χ0v) is 13.1. The number of halogens is 1. The fourth-order valence-electron chi connectivity index (χ4n) is 2.61. The van der Waals surface area contributed by atoms with Crippen LogP contribution in [0.1, 0.15) is 18.9 Å². The van der Waals surface area contributed by atoms with Gasteiger partial charge in [-0.2, -0.15) is 4.31 Å². The van der Waals surface area contributed by atoms with E-state index in [0.29, 0.717) is 12.4 Å². The van der Waals surface area contributed by atoms with Crippen LogP contribution in [-0.2, 0) is 16.4 Å². The summed E-state index contributed by atoms with van der Waals surface area (Å²) in [5.74, 6) is 0.702. The Hall–Kier alpha value is -0.620. The molecule has 2 unspecified atom stereocenters. The summed E-state index contributed by atoms with van der Waals surface area (Å²) in [5, 5.41) is 9.41. The molecular formula is C14H20ClNO3S. The number of aliphatic hydroxyl groups excluding tert-OH is 1. The van der Waals surface area contributed by atoms with E-state index in [0.717, 1.165) is 18.4 Å². The Balaban J connectivity index is 2.26. The molecule has 1 aromatic rings. The first-order chi connectivity index (χ1) is 9.50. The van der Waals surface area contributed by atoms with Crippen LogP contribution in [0.3, 0.4) is 0 Å². The summed E-state index contributed by atoms with van der Waals surface area (Å²) >= 11 is 5.67. The standard InChI is InChI=1S/C14H20ClNO3S/c1-11-7-9-16(14(11)10-17)20(18,19)13-4-2-12(3-5-13)6-8-15/h2-5,11,14,17H,6-10H2,1H3. The number of rotatable bonds is 5. The SMILES string of the molecule is CC1CCN(S(=O)(=O)c2ccc(CCCl)cc2)C1CO. The Labute approximate surface area is 125 Å². The summed E-state index contributed by atoms with van der Waals surface area (Å²) in [5.41, 5.74) is 1.02. The van der Waals surface area contributed by atoms with Crippen LogP contribution in [0.15, 0.2) is 29.2 Å². The molecule has 0 radical (unpaired) electrons. The second-order valence-electron chi connectivity index (χ2n) is 5.21. The number of hydrogen-bond acceptors (Lipinski definition) is 3. The van der Waals surface area contributed by atoms with Crippen molar-refractivity contribution in [1.82, 2.24) is 4.31 Å². The quantitative estimate of drug-likeness (QED) is 0.843. The highest BCUT2D eigenvalue weighted by Crippen LogP contribution is 2.29. The summed E-state index contributed by atoms with van der Waals surface area (Å²) in [6.07, 6.45) is 1.51. The number of aryl methyl sites for hydroxylation is 1. The highest BCUT2D eigenvalue weighted by molar-refractivity contribution is 7.89. The molecule has 0 aromatic heterocycles. The van der Waals surface area contributed by atoms with Crippen molar-refractivity contribution in [3.8, 4) is 0 Å². The molecule has 1 aliphatic heterocycles. The van der Waals surface area contributed by atoms with Gasteiger partial charge in [-0.15, -0.1) is 11.6 Å². The maximum absolute atomic E-state index is 12.6. The molecule has 6 heteroatoms. The lowest BCUT2D eigenvalue weighted by Gasteiger charge is -2.24. The lowest BCUT2D eigenvalue weighted by molar-refractivity contribution is 0.191. The normalized spacial score (nSPS) is 24.1. The van der Waals surface area contributed by atoms with E-state index in [1.807, 2.05) is 6.92 Å². The summed E-state index contributed by atoms with van der Waals surface area (Å²) in [6, 6.07) is 6.51. The summed E-state index contributed by atoms with van der Waals surface area (Å²) < 4.78 is 26.6. The fraction of sp³-hybridized carbons (Fsp3) is 0.571. The highest BCUT2D eigenvalue weighted by Gasteiger charge is 2.38. The molecule has 1 heterocycles. The van der Waals surface area contributed by atoms with Gasteiger partial charge in [-0.3, -0.25) is 0 Å². The average Bonchev–Trinajstić information content (AvgIpc) is 2.81. The zero-order valence-electron chi connectivity index (χ0n) is 11.5. The van der Waals surface area contributed by atoms with E-state index in [-0.39, 0.29) is 23.5 Å². The van der Waals surface area contributed by atoms with E-state index in [9.17, 15) is 13.5 Å². The molecular weight excluding hydrogens is 298 g/mol. The van der Waals surface area contributed by atoms with Crippen LogP contribution in [0.4, 0.5) is 0 Å². The van der Waals surface area contributed by atoms with Crippen molar-refractivity contribution in [3.05, 3.63) is 29.8 Å². The van der Waals surface area contributed by atoms with Gasteiger partial charge in [0.2, 0.25) is 10.0 Å². The highest BCUT2D eigenvalue weighted by atomic mass is 35.5. The van der Waals surface area contributed by atoms with Gasteiger partial charge in [0, 0.05) is 12.4 Å². The average molecular weight is 318 g/mol. The first kappa shape index (κ1) is 15.8. The molecule has 0 bridgehead atoms. The third-order valence-electron chi connectivity index (χ3n) is 3.93. The topological polar surface area (TPSA) is 57.6 Å². The lowest BCUT2D eigenvalue weighted by Crippen LogP contribution is -2.39. The molecule has 20 heavy (non-hydrogen) atoms. The number of sulfonamides is 1. The van der Waals surface area contributed by atoms with Gasteiger partial charge in [0.25, 0.3) is 0 Å². The monoisotopic (exact) mass is 317 g/mol. The van der Waals surface area contributed by atoms with Gasteiger partial charge in [0.05, 0.1) is 17.5 Å². The number of aliphatic hydroxyl groups is 1. The third kappa shape index (κ3) is 3.01. The Bertz CT molecular complexity index is 544. The Kier molecular flexibility index (Phi) is 5.07. The van der Waals surface area contributed by atoms with Gasteiger partial charge < -0.3 is 5.11 Å². The number of alkyl halides is 1. The second kappa shape index (κ2) is 6.43. The summed E-state index contributed by atoms with van der Waals surface area (Å²) in [4.78, 5) is 0.281. The lowest BCUT2D eigenvalue weighted by atomic mass is 10.0. The molecule has 0 spiro atoms. The van der Waals surface area contributed by atoms with Crippen LogP contribution >= 0.6 is 11.6 Å². The Morgan fingerprint density at radius 3 is 2.55 bits per heavy atom. The predicted octanol–water partition coefficient (Wildman–Crippen LogP) is 1.86. The Morgan fingerprint density at radius 1 is 1.35 bits per heavy atom. The molecule has 4 nitrogen and oxygen atoms in total. The minimum atomic E-state index is -3.52. The molecule has 0 amide bonds. The van der Waals surface area contributed by atoms with E-state index in [4.69, 9.17) is 11.6 Å². The third-order valence-corrected chi connectivity index (χ3v) is 6.06. The van der Waals surface area contributed by atoms with Crippen molar-refractivity contribution in [2.75, 3.05) is 19.0 Å². The van der Waals surface area contributed by atoms with E-state index in [1.54, 1.807) is 24.3 Å². The van der Waals surface area contributed by atoms with Gasteiger partial charge >= 0.3 is 0 Å². The number of benzene rings is 1. The zero-order chi connectivity index (χ0) is 14.8. The molecule has 1 aromatic carbocycles. The first-order valence-corrected chi connectivity index (χ1v) is 8.75. The van der Waals surface area contributed by atoms with E-state index < -0.39 is 10.0 Å². The minimum Gasteiger partial charge on any atom is -0.395 e. The summed E-state index contributed by atoms with van der Waals surface area (Å²) in [6.45, 7) is 2.31. The van der Waals surface area contributed by atoms with Crippen molar-refractivity contribution in [3.63, 3.8) is 0 Å². The van der Waals surface area contributed by atoms with Gasteiger partial charge in [-0.25, -0.2) is 8.42 Å². The van der Waals surface area contributed by atoms with Crippen LogP contribution in [0, 0.1) is 5.92 Å². The number of hydrogen-bond donors (Lipinski definition) is 1. The largest absolute Gasteiger partial charge is 0.395 e. The van der Waals surface area contributed by atoms with Crippen LogP contribution in [0.25, 0.3) is 0 Å². The van der Waals surface area contributed by atoms with Crippen molar-refractivity contribution >= 4 is 21.6 Å². The van der Waals surface area contributed by atoms with Crippen LogP contribution in [0.2, 0.25) is 0 Å². The molecule has 0 aliphatic carbocycles. The second-order valence-corrected chi connectivity index (χ2v) is 7.48. The molecule has 1 fully saturated rings. The molecule has 112 valence electrons. The van der Waals surface area contributed by atoms with E-state index in [1.165, 1.54) is 4.31 Å². The van der Waals surface area contributed by atoms with Crippen LogP contribution in [-0.4, -0.2) is 42.9 Å². The van der Waals surface area contributed by atoms with Gasteiger partial charge in [0.15, 0.2) is 0 Å². The van der Waals surface area contributed by atoms with Crippen molar-refractivity contribution < 1.29 is 13.5 Å². The molecule has 1 N–H and O–H groups in total. The first-order valence-electron chi connectivity index (χ1n) is 6.78. The molecule has 1 aliphatic rings. The predicted molar refractivity (Wildman–Crippen MR) is 79.4 cm³/mol. The summed E-state index contributed by atoms with van der Waals surface area (Å²) in [7, 11) is -3.52. The molecule has 2 atom stereocenters. The van der Waals surface area contributed by atoms with Crippen molar-refractivity contribution in [2.45, 2.75) is 30.7 Å². The minimum absolute atomic E-state index is 0.134. The smallest absolute Gasteiger partial charge is 0.243 e. The molecule has 1 saturated heterocycles. The van der Waals surface area contributed by atoms with Gasteiger partial charge in [-0.05, 0) is 36.5 Å². The van der Waals surface area contributed by atoms with Gasteiger partial charge in [0.1, 0.15) is 0 Å². The van der Waals surface area contributed by atoms with E-state index >= 15 is 0 Å². The number of nitrogens with zero attached hydrogens (tertiary/aromatic N) is 1. The maximum atomic E-state index is 12.6. The Morgan fingerprint density at radius 2 is 2.00 bits per heavy atom. The van der Waals surface area contributed by atoms with Crippen molar-refractivity contribution in [2.24, 2.45) is 5.92 Å².